The minimum atomic E-state index is -3.11. The van der Waals surface area contributed by atoms with Crippen LogP contribution in [0.4, 0.5) is 0 Å². The summed E-state index contributed by atoms with van der Waals surface area (Å²) in [4.78, 5) is 2.80. The van der Waals surface area contributed by atoms with Gasteiger partial charge in [0.25, 0.3) is 0 Å². The highest BCUT2D eigenvalue weighted by atomic mass is 32.2. The van der Waals surface area contributed by atoms with Gasteiger partial charge in [-0.25, -0.2) is 8.42 Å². The Hall–Kier alpha value is -1.59. The number of aromatic nitrogens is 1. The van der Waals surface area contributed by atoms with Crippen LogP contribution in [0.2, 0.25) is 0 Å². The Morgan fingerprint density at radius 1 is 1.10 bits per heavy atom. The van der Waals surface area contributed by atoms with Crippen molar-refractivity contribution >= 4 is 9.84 Å². The Labute approximate surface area is 125 Å². The van der Waals surface area contributed by atoms with Crippen molar-refractivity contribution in [3.05, 3.63) is 53.9 Å². The summed E-state index contributed by atoms with van der Waals surface area (Å²) >= 11 is 0. The molecule has 1 aromatic heterocycles. The third-order valence-corrected chi connectivity index (χ3v) is 5.07. The van der Waals surface area contributed by atoms with E-state index in [2.05, 4.69) is 27.8 Å². The van der Waals surface area contributed by atoms with Crippen LogP contribution in [0, 0.1) is 0 Å². The number of hydrogen-bond acceptors (Lipinski definition) is 3. The fourth-order valence-electron chi connectivity index (χ4n) is 2.82. The lowest BCUT2D eigenvalue weighted by molar-refractivity contribution is 0.261. The van der Waals surface area contributed by atoms with Crippen LogP contribution < -0.4 is 0 Å². The largest absolute Gasteiger partial charge is 0.350 e. The smallest absolute Gasteiger partial charge is 0.175 e. The second-order valence-electron chi connectivity index (χ2n) is 5.67. The summed E-state index contributed by atoms with van der Waals surface area (Å²) in [5, 5.41) is 0. The summed E-state index contributed by atoms with van der Waals surface area (Å²) in [7, 11) is -3.11. The molecule has 2 heterocycles. The van der Waals surface area contributed by atoms with Crippen molar-refractivity contribution in [1.29, 1.82) is 0 Å². The minimum absolute atomic E-state index is 0.385. The Balaban J connectivity index is 1.72. The van der Waals surface area contributed by atoms with Gasteiger partial charge in [0.1, 0.15) is 0 Å². The van der Waals surface area contributed by atoms with Gasteiger partial charge in [-0.1, -0.05) is 12.1 Å². The van der Waals surface area contributed by atoms with Gasteiger partial charge < -0.3 is 4.57 Å². The number of nitrogens with zero attached hydrogens (tertiary/aromatic N) is 2. The summed E-state index contributed by atoms with van der Waals surface area (Å²) in [6, 6.07) is 11.5. The minimum Gasteiger partial charge on any atom is -0.350 e. The monoisotopic (exact) mass is 304 g/mol. The average molecular weight is 304 g/mol. The maximum Gasteiger partial charge on any atom is 0.175 e. The lowest BCUT2D eigenvalue weighted by Crippen LogP contribution is -2.22. The van der Waals surface area contributed by atoms with E-state index >= 15 is 0 Å². The number of benzene rings is 1. The lowest BCUT2D eigenvalue weighted by Gasteiger charge is -2.19. The molecule has 3 rings (SSSR count). The fourth-order valence-corrected chi connectivity index (χ4v) is 3.45. The quantitative estimate of drug-likeness (QED) is 0.874. The first-order valence-electron chi connectivity index (χ1n) is 7.18. The molecule has 0 unspecified atom stereocenters. The molecular formula is C16H20N2O2S. The van der Waals surface area contributed by atoms with E-state index in [9.17, 15) is 8.42 Å². The molecule has 1 aliphatic rings. The molecule has 0 amide bonds. The SMILES string of the molecule is CS(=O)(=O)c1ccc(CN2CCCn3cccc3C2)cc1. The van der Waals surface area contributed by atoms with Gasteiger partial charge in [-0.2, -0.15) is 0 Å². The topological polar surface area (TPSA) is 42.3 Å². The van der Waals surface area contributed by atoms with Crippen LogP contribution >= 0.6 is 0 Å². The van der Waals surface area contributed by atoms with E-state index < -0.39 is 9.84 Å². The molecule has 1 aromatic carbocycles. The Bertz CT molecular complexity index is 717. The van der Waals surface area contributed by atoms with E-state index in [-0.39, 0.29) is 0 Å². The molecule has 112 valence electrons. The summed E-state index contributed by atoms with van der Waals surface area (Å²) in [6.07, 6.45) is 4.52. The van der Waals surface area contributed by atoms with Crippen LogP contribution in [-0.2, 0) is 29.5 Å². The van der Waals surface area contributed by atoms with Crippen LogP contribution in [0.15, 0.2) is 47.5 Å². The highest BCUT2D eigenvalue weighted by Gasteiger charge is 2.14. The van der Waals surface area contributed by atoms with Gasteiger partial charge >= 0.3 is 0 Å². The maximum absolute atomic E-state index is 11.5. The van der Waals surface area contributed by atoms with E-state index in [1.54, 1.807) is 12.1 Å². The van der Waals surface area contributed by atoms with Gasteiger partial charge in [0.2, 0.25) is 0 Å². The van der Waals surface area contributed by atoms with Gasteiger partial charge in [0, 0.05) is 44.3 Å². The first kappa shape index (κ1) is 14.4. The van der Waals surface area contributed by atoms with Gasteiger partial charge in [-0.3, -0.25) is 4.90 Å². The first-order valence-corrected chi connectivity index (χ1v) is 9.07. The molecule has 0 saturated carbocycles. The molecule has 0 spiro atoms. The number of sulfone groups is 1. The first-order chi connectivity index (χ1) is 10.0. The van der Waals surface area contributed by atoms with Crippen LogP contribution in [0.5, 0.6) is 0 Å². The maximum atomic E-state index is 11.5. The van der Waals surface area contributed by atoms with Crippen molar-refractivity contribution in [2.24, 2.45) is 0 Å². The molecule has 2 aromatic rings. The Kier molecular flexibility index (Phi) is 3.87. The van der Waals surface area contributed by atoms with E-state index in [4.69, 9.17) is 0 Å². The number of fused-ring (bicyclic) bond motifs is 1. The van der Waals surface area contributed by atoms with Crippen molar-refractivity contribution in [2.75, 3.05) is 12.8 Å². The van der Waals surface area contributed by atoms with Crippen molar-refractivity contribution in [3.8, 4) is 0 Å². The number of rotatable bonds is 3. The predicted octanol–water partition coefficient (Wildman–Crippen LogP) is 2.30. The van der Waals surface area contributed by atoms with Gasteiger partial charge in [-0.05, 0) is 36.2 Å². The second-order valence-corrected chi connectivity index (χ2v) is 7.69. The molecule has 0 aliphatic carbocycles. The van der Waals surface area contributed by atoms with E-state index in [0.717, 1.165) is 38.2 Å². The highest BCUT2D eigenvalue weighted by molar-refractivity contribution is 7.90. The standard InChI is InChI=1S/C16H20N2O2S/c1-21(19,20)16-7-5-14(6-8-16)12-17-9-3-11-18-10-2-4-15(18)13-17/h2,4-8,10H,3,9,11-13H2,1H3. The Morgan fingerprint density at radius 3 is 2.57 bits per heavy atom. The van der Waals surface area contributed by atoms with E-state index in [1.165, 1.54) is 11.9 Å². The third-order valence-electron chi connectivity index (χ3n) is 3.94. The molecular weight excluding hydrogens is 284 g/mol. The Morgan fingerprint density at radius 2 is 1.86 bits per heavy atom. The summed E-state index contributed by atoms with van der Waals surface area (Å²) < 4.78 is 25.3. The van der Waals surface area contributed by atoms with Crippen molar-refractivity contribution < 1.29 is 8.42 Å². The van der Waals surface area contributed by atoms with Gasteiger partial charge in [-0.15, -0.1) is 0 Å². The molecule has 0 N–H and O–H groups in total. The summed E-state index contributed by atoms with van der Waals surface area (Å²) in [5.41, 5.74) is 2.50. The van der Waals surface area contributed by atoms with Crippen molar-refractivity contribution in [3.63, 3.8) is 0 Å². The second kappa shape index (κ2) is 5.66. The average Bonchev–Trinajstić information content (AvgIpc) is 2.77. The summed E-state index contributed by atoms with van der Waals surface area (Å²) in [5.74, 6) is 0. The van der Waals surface area contributed by atoms with E-state index in [1.807, 2.05) is 12.1 Å². The summed E-state index contributed by atoms with van der Waals surface area (Å²) in [6.45, 7) is 3.94. The molecule has 0 saturated heterocycles. The molecule has 0 fully saturated rings. The molecule has 21 heavy (non-hydrogen) atoms. The molecule has 5 heteroatoms. The zero-order chi connectivity index (χ0) is 14.9. The van der Waals surface area contributed by atoms with E-state index in [0.29, 0.717) is 4.90 Å². The van der Waals surface area contributed by atoms with Crippen molar-refractivity contribution in [1.82, 2.24) is 9.47 Å². The number of aryl methyl sites for hydroxylation is 1. The third kappa shape index (κ3) is 3.36. The molecule has 0 bridgehead atoms. The van der Waals surface area contributed by atoms with Crippen LogP contribution in [0.3, 0.4) is 0 Å². The van der Waals surface area contributed by atoms with Gasteiger partial charge in [0.05, 0.1) is 4.90 Å². The van der Waals surface area contributed by atoms with Gasteiger partial charge in [0.15, 0.2) is 9.84 Å². The van der Waals surface area contributed by atoms with Crippen molar-refractivity contribution in [2.45, 2.75) is 31.0 Å². The molecule has 4 nitrogen and oxygen atoms in total. The van der Waals surface area contributed by atoms with Crippen LogP contribution in [0.1, 0.15) is 17.7 Å². The predicted molar refractivity (Wildman–Crippen MR) is 82.7 cm³/mol. The fraction of sp³-hybridized carbons (Fsp3) is 0.375. The normalized spacial score (nSPS) is 16.4. The molecule has 0 atom stereocenters. The number of hydrogen-bond donors (Lipinski definition) is 0. The zero-order valence-corrected chi connectivity index (χ0v) is 13.0. The van der Waals surface area contributed by atoms with Crippen LogP contribution in [0.25, 0.3) is 0 Å². The highest BCUT2D eigenvalue weighted by Crippen LogP contribution is 2.17. The molecule has 1 aliphatic heterocycles. The zero-order valence-electron chi connectivity index (χ0n) is 12.2. The lowest BCUT2D eigenvalue weighted by atomic mass is 10.2. The molecule has 0 radical (unpaired) electrons. The van der Waals surface area contributed by atoms with Crippen LogP contribution in [-0.4, -0.2) is 30.7 Å².